The van der Waals surface area contributed by atoms with Gasteiger partial charge in [-0.3, -0.25) is 9.69 Å². The van der Waals surface area contributed by atoms with E-state index in [0.717, 1.165) is 19.5 Å². The van der Waals surface area contributed by atoms with Crippen molar-refractivity contribution < 1.29 is 9.18 Å². The first-order chi connectivity index (χ1) is 9.13. The molecule has 0 radical (unpaired) electrons. The Morgan fingerprint density at radius 2 is 1.89 bits per heavy atom. The number of amides is 1. The van der Waals surface area contributed by atoms with Crippen LogP contribution in [0.1, 0.15) is 30.6 Å². The van der Waals surface area contributed by atoms with Gasteiger partial charge in [-0.15, -0.1) is 0 Å². The number of hydrogen-bond acceptors (Lipinski definition) is 2. The lowest BCUT2D eigenvalue weighted by molar-refractivity contribution is 0.0575. The summed E-state index contributed by atoms with van der Waals surface area (Å²) in [5, 5.41) is 0. The van der Waals surface area contributed by atoms with E-state index in [1.54, 1.807) is 23.1 Å². The predicted molar refractivity (Wildman–Crippen MR) is 73.6 cm³/mol. The first kappa shape index (κ1) is 14.0. The molecule has 0 spiro atoms. The van der Waals surface area contributed by atoms with Crippen LogP contribution in [-0.4, -0.2) is 47.9 Å². The van der Waals surface area contributed by atoms with E-state index in [0.29, 0.717) is 19.1 Å². The van der Waals surface area contributed by atoms with E-state index in [2.05, 4.69) is 18.7 Å². The Labute approximate surface area is 114 Å². The first-order valence-electron chi connectivity index (χ1n) is 6.91. The molecule has 1 amide bonds. The van der Waals surface area contributed by atoms with Crippen molar-refractivity contribution in [3.63, 3.8) is 0 Å². The van der Waals surface area contributed by atoms with Gasteiger partial charge in [-0.1, -0.05) is 19.1 Å². The third-order valence-corrected chi connectivity index (χ3v) is 3.92. The molecule has 2 rings (SSSR count). The highest BCUT2D eigenvalue weighted by molar-refractivity contribution is 5.94. The van der Waals surface area contributed by atoms with Crippen molar-refractivity contribution in [2.24, 2.45) is 0 Å². The van der Waals surface area contributed by atoms with E-state index in [1.165, 1.54) is 6.07 Å². The Hall–Kier alpha value is -1.42. The average molecular weight is 264 g/mol. The van der Waals surface area contributed by atoms with Gasteiger partial charge < -0.3 is 4.90 Å². The fourth-order valence-electron chi connectivity index (χ4n) is 2.43. The van der Waals surface area contributed by atoms with Crippen LogP contribution in [0.2, 0.25) is 0 Å². The van der Waals surface area contributed by atoms with Gasteiger partial charge in [0.1, 0.15) is 5.82 Å². The summed E-state index contributed by atoms with van der Waals surface area (Å²) in [6, 6.07) is 6.74. The minimum absolute atomic E-state index is 0.180. The molecule has 1 aromatic rings. The topological polar surface area (TPSA) is 23.6 Å². The van der Waals surface area contributed by atoms with Crippen molar-refractivity contribution in [3.05, 3.63) is 35.6 Å². The molecule has 0 saturated carbocycles. The number of piperazine rings is 1. The molecule has 1 saturated heterocycles. The smallest absolute Gasteiger partial charge is 0.256 e. The zero-order valence-electron chi connectivity index (χ0n) is 11.6. The highest BCUT2D eigenvalue weighted by Gasteiger charge is 2.25. The largest absolute Gasteiger partial charge is 0.336 e. The normalized spacial score (nSPS) is 18.4. The van der Waals surface area contributed by atoms with Crippen LogP contribution >= 0.6 is 0 Å². The Bertz CT molecular complexity index is 442. The molecule has 1 fully saturated rings. The summed E-state index contributed by atoms with van der Waals surface area (Å²) in [6.07, 6.45) is 1.11. The molecule has 0 N–H and O–H groups in total. The Balaban J connectivity index is 1.98. The molecular weight excluding hydrogens is 243 g/mol. The molecule has 1 aliphatic rings. The van der Waals surface area contributed by atoms with Gasteiger partial charge in [-0.2, -0.15) is 0 Å². The van der Waals surface area contributed by atoms with E-state index in [1.807, 2.05) is 0 Å². The van der Waals surface area contributed by atoms with Gasteiger partial charge >= 0.3 is 0 Å². The van der Waals surface area contributed by atoms with Crippen molar-refractivity contribution in [1.29, 1.82) is 0 Å². The second kappa shape index (κ2) is 6.15. The number of nitrogens with zero attached hydrogens (tertiary/aromatic N) is 2. The Morgan fingerprint density at radius 3 is 2.47 bits per heavy atom. The highest BCUT2D eigenvalue weighted by atomic mass is 19.1. The van der Waals surface area contributed by atoms with E-state index in [9.17, 15) is 9.18 Å². The summed E-state index contributed by atoms with van der Waals surface area (Å²) >= 11 is 0. The molecule has 0 bridgehead atoms. The van der Waals surface area contributed by atoms with Crippen LogP contribution in [0.15, 0.2) is 24.3 Å². The summed E-state index contributed by atoms with van der Waals surface area (Å²) in [5.74, 6) is -0.626. The number of benzene rings is 1. The van der Waals surface area contributed by atoms with Crippen molar-refractivity contribution in [2.75, 3.05) is 26.2 Å². The summed E-state index contributed by atoms with van der Waals surface area (Å²) in [7, 11) is 0. The number of rotatable bonds is 3. The molecule has 0 aromatic heterocycles. The van der Waals surface area contributed by atoms with Crippen LogP contribution in [0.25, 0.3) is 0 Å². The average Bonchev–Trinajstić information content (AvgIpc) is 2.46. The number of carbonyl (C=O) groups excluding carboxylic acids is 1. The van der Waals surface area contributed by atoms with Gasteiger partial charge in [-0.05, 0) is 25.5 Å². The number of carbonyl (C=O) groups is 1. The molecule has 19 heavy (non-hydrogen) atoms. The lowest BCUT2D eigenvalue weighted by atomic mass is 10.1. The molecule has 104 valence electrons. The summed E-state index contributed by atoms with van der Waals surface area (Å²) in [5.41, 5.74) is 0.180. The van der Waals surface area contributed by atoms with Gasteiger partial charge in [0.2, 0.25) is 0 Å². The van der Waals surface area contributed by atoms with Crippen molar-refractivity contribution >= 4 is 5.91 Å². The zero-order valence-corrected chi connectivity index (χ0v) is 11.6. The van der Waals surface area contributed by atoms with E-state index >= 15 is 0 Å². The van der Waals surface area contributed by atoms with Crippen molar-refractivity contribution in [3.8, 4) is 0 Å². The van der Waals surface area contributed by atoms with Gasteiger partial charge in [0.15, 0.2) is 0 Å². The molecular formula is C15H21FN2O. The first-order valence-corrected chi connectivity index (χ1v) is 6.91. The van der Waals surface area contributed by atoms with Crippen LogP contribution in [0.4, 0.5) is 4.39 Å². The maximum absolute atomic E-state index is 13.6. The third kappa shape index (κ3) is 3.13. The molecule has 1 heterocycles. The van der Waals surface area contributed by atoms with Gasteiger partial charge in [-0.25, -0.2) is 4.39 Å². The standard InChI is InChI=1S/C15H21FN2O/c1-3-12(2)17-8-10-18(11-9-17)15(19)13-6-4-5-7-14(13)16/h4-7,12H,3,8-11H2,1-2H3/t12-/m0/s1. The van der Waals surface area contributed by atoms with Crippen LogP contribution in [0.5, 0.6) is 0 Å². The lowest BCUT2D eigenvalue weighted by Crippen LogP contribution is -2.51. The second-order valence-corrected chi connectivity index (χ2v) is 5.07. The Morgan fingerprint density at radius 1 is 1.26 bits per heavy atom. The fourth-order valence-corrected chi connectivity index (χ4v) is 2.43. The van der Waals surface area contributed by atoms with Crippen LogP contribution in [0, 0.1) is 5.82 Å². The summed E-state index contributed by atoms with van der Waals surface area (Å²) in [4.78, 5) is 16.4. The van der Waals surface area contributed by atoms with Gasteiger partial charge in [0.25, 0.3) is 5.91 Å². The summed E-state index contributed by atoms with van der Waals surface area (Å²) in [6.45, 7) is 7.47. The quantitative estimate of drug-likeness (QED) is 0.837. The van der Waals surface area contributed by atoms with E-state index < -0.39 is 5.82 Å². The molecule has 1 aliphatic heterocycles. The molecule has 4 heteroatoms. The second-order valence-electron chi connectivity index (χ2n) is 5.07. The van der Waals surface area contributed by atoms with Crippen LogP contribution in [0.3, 0.4) is 0 Å². The highest BCUT2D eigenvalue weighted by Crippen LogP contribution is 2.14. The minimum atomic E-state index is -0.433. The van der Waals surface area contributed by atoms with Crippen LogP contribution in [-0.2, 0) is 0 Å². The Kier molecular flexibility index (Phi) is 4.53. The molecule has 1 atom stereocenters. The van der Waals surface area contributed by atoms with Gasteiger partial charge in [0, 0.05) is 32.2 Å². The van der Waals surface area contributed by atoms with E-state index in [4.69, 9.17) is 0 Å². The maximum atomic E-state index is 13.6. The van der Waals surface area contributed by atoms with Crippen LogP contribution < -0.4 is 0 Å². The molecule has 3 nitrogen and oxygen atoms in total. The molecule has 1 aromatic carbocycles. The van der Waals surface area contributed by atoms with Crippen molar-refractivity contribution in [2.45, 2.75) is 26.3 Å². The zero-order chi connectivity index (χ0) is 13.8. The molecule has 0 unspecified atom stereocenters. The number of hydrogen-bond donors (Lipinski definition) is 0. The summed E-state index contributed by atoms with van der Waals surface area (Å²) < 4.78 is 13.6. The fraction of sp³-hybridized carbons (Fsp3) is 0.533. The van der Waals surface area contributed by atoms with E-state index in [-0.39, 0.29) is 11.5 Å². The molecule has 0 aliphatic carbocycles. The minimum Gasteiger partial charge on any atom is -0.336 e. The predicted octanol–water partition coefficient (Wildman–Crippen LogP) is 2.38. The third-order valence-electron chi connectivity index (χ3n) is 3.92. The maximum Gasteiger partial charge on any atom is 0.256 e. The lowest BCUT2D eigenvalue weighted by Gasteiger charge is -2.37. The van der Waals surface area contributed by atoms with Crippen molar-refractivity contribution in [1.82, 2.24) is 9.80 Å². The SMILES string of the molecule is CC[C@H](C)N1CCN(C(=O)c2ccccc2F)CC1. The monoisotopic (exact) mass is 264 g/mol. The van der Waals surface area contributed by atoms with Gasteiger partial charge in [0.05, 0.1) is 5.56 Å². The number of halogens is 1.